The SMILES string of the molecule is Cc1[nH]c2ccccc2c1-c1csc(NC(=O)c2ccccc2OC(F)F)n1. The molecule has 0 saturated carbocycles. The summed E-state index contributed by atoms with van der Waals surface area (Å²) in [7, 11) is 0. The first kappa shape index (κ1) is 18.1. The number of aromatic amines is 1. The van der Waals surface area contributed by atoms with Gasteiger partial charge in [-0.05, 0) is 25.1 Å². The van der Waals surface area contributed by atoms with Gasteiger partial charge in [0.2, 0.25) is 0 Å². The van der Waals surface area contributed by atoms with Gasteiger partial charge in [0.05, 0.1) is 11.3 Å². The number of benzene rings is 2. The van der Waals surface area contributed by atoms with Gasteiger partial charge in [0.15, 0.2) is 5.13 Å². The molecule has 28 heavy (non-hydrogen) atoms. The van der Waals surface area contributed by atoms with Crippen molar-refractivity contribution < 1.29 is 18.3 Å². The molecule has 0 atom stereocenters. The number of para-hydroxylation sites is 2. The number of anilines is 1. The van der Waals surface area contributed by atoms with Gasteiger partial charge in [0.25, 0.3) is 5.91 Å². The van der Waals surface area contributed by atoms with Gasteiger partial charge in [0.1, 0.15) is 5.75 Å². The highest BCUT2D eigenvalue weighted by Crippen LogP contribution is 2.34. The maximum Gasteiger partial charge on any atom is 0.387 e. The van der Waals surface area contributed by atoms with Crippen molar-refractivity contribution in [2.75, 3.05) is 5.32 Å². The molecule has 2 N–H and O–H groups in total. The smallest absolute Gasteiger partial charge is 0.387 e. The third-order valence-electron chi connectivity index (χ3n) is 4.22. The first-order valence-electron chi connectivity index (χ1n) is 8.41. The standard InChI is InChI=1S/C20H15F2N3O2S/c1-11-17(12-6-2-4-8-14(12)23-11)15-10-28-20(24-15)25-18(26)13-7-3-5-9-16(13)27-19(21)22/h2-10,19,23H,1H3,(H,24,25,26). The van der Waals surface area contributed by atoms with Crippen molar-refractivity contribution in [2.45, 2.75) is 13.5 Å². The minimum absolute atomic E-state index is 0.0165. The Morgan fingerprint density at radius 1 is 1.18 bits per heavy atom. The lowest BCUT2D eigenvalue weighted by Gasteiger charge is -2.09. The zero-order valence-electron chi connectivity index (χ0n) is 14.7. The highest BCUT2D eigenvalue weighted by atomic mass is 32.1. The van der Waals surface area contributed by atoms with Gasteiger partial charge < -0.3 is 9.72 Å². The van der Waals surface area contributed by atoms with Crippen molar-refractivity contribution in [1.82, 2.24) is 9.97 Å². The molecule has 4 aromatic rings. The molecule has 1 amide bonds. The third-order valence-corrected chi connectivity index (χ3v) is 4.98. The van der Waals surface area contributed by atoms with Crippen LogP contribution in [-0.2, 0) is 0 Å². The summed E-state index contributed by atoms with van der Waals surface area (Å²) in [5.41, 5.74) is 3.69. The molecule has 0 bridgehead atoms. The molecule has 0 aliphatic rings. The van der Waals surface area contributed by atoms with Crippen molar-refractivity contribution in [3.05, 3.63) is 65.2 Å². The number of fused-ring (bicyclic) bond motifs is 1. The highest BCUT2D eigenvalue weighted by Gasteiger charge is 2.18. The predicted octanol–water partition coefficient (Wildman–Crippen LogP) is 5.45. The average Bonchev–Trinajstić information content (AvgIpc) is 3.24. The van der Waals surface area contributed by atoms with E-state index >= 15 is 0 Å². The highest BCUT2D eigenvalue weighted by molar-refractivity contribution is 7.14. The Kier molecular flexibility index (Phi) is 4.79. The molecule has 0 radical (unpaired) electrons. The molecule has 0 saturated heterocycles. The number of amides is 1. The van der Waals surface area contributed by atoms with Crippen LogP contribution >= 0.6 is 11.3 Å². The summed E-state index contributed by atoms with van der Waals surface area (Å²) in [5.74, 6) is -0.743. The normalized spacial score (nSPS) is 11.1. The summed E-state index contributed by atoms with van der Waals surface area (Å²) in [6.45, 7) is -1.05. The van der Waals surface area contributed by atoms with Crippen molar-refractivity contribution in [3.63, 3.8) is 0 Å². The molecule has 2 aromatic carbocycles. The largest absolute Gasteiger partial charge is 0.434 e. The lowest BCUT2D eigenvalue weighted by Crippen LogP contribution is -2.14. The molecule has 0 spiro atoms. The minimum Gasteiger partial charge on any atom is -0.434 e. The second kappa shape index (κ2) is 7.40. The Balaban J connectivity index is 1.61. The van der Waals surface area contributed by atoms with Crippen LogP contribution in [0.1, 0.15) is 16.1 Å². The first-order chi connectivity index (χ1) is 13.5. The van der Waals surface area contributed by atoms with Crippen molar-refractivity contribution in [1.29, 1.82) is 0 Å². The Hall–Kier alpha value is -3.26. The van der Waals surface area contributed by atoms with Crippen LogP contribution < -0.4 is 10.1 Å². The maximum absolute atomic E-state index is 12.5. The van der Waals surface area contributed by atoms with Crippen LogP contribution in [0.4, 0.5) is 13.9 Å². The number of aryl methyl sites for hydroxylation is 1. The lowest BCUT2D eigenvalue weighted by molar-refractivity contribution is -0.0501. The van der Waals surface area contributed by atoms with Gasteiger partial charge in [-0.25, -0.2) is 4.98 Å². The molecule has 2 aromatic heterocycles. The van der Waals surface area contributed by atoms with E-state index in [0.29, 0.717) is 5.13 Å². The third kappa shape index (κ3) is 3.46. The lowest BCUT2D eigenvalue weighted by atomic mass is 10.1. The van der Waals surface area contributed by atoms with E-state index in [2.05, 4.69) is 20.0 Å². The number of thiazole rings is 1. The molecule has 8 heteroatoms. The van der Waals surface area contributed by atoms with E-state index in [1.165, 1.54) is 29.5 Å². The first-order valence-corrected chi connectivity index (χ1v) is 9.29. The van der Waals surface area contributed by atoms with Crippen LogP contribution in [0.5, 0.6) is 5.75 Å². The van der Waals surface area contributed by atoms with Gasteiger partial charge in [0, 0.05) is 27.5 Å². The molecule has 2 heterocycles. The number of nitrogens with zero attached hydrogens (tertiary/aromatic N) is 1. The van der Waals surface area contributed by atoms with E-state index in [4.69, 9.17) is 0 Å². The summed E-state index contributed by atoms with van der Waals surface area (Å²) < 4.78 is 29.5. The molecular formula is C20H15F2N3O2S. The van der Waals surface area contributed by atoms with Crippen LogP contribution in [-0.4, -0.2) is 22.5 Å². The molecule has 4 rings (SSSR count). The van der Waals surface area contributed by atoms with Crippen molar-refractivity contribution >= 4 is 33.3 Å². The number of ether oxygens (including phenoxy) is 1. The molecule has 0 fully saturated rings. The second-order valence-corrected chi connectivity index (χ2v) is 6.90. The molecule has 0 aliphatic heterocycles. The zero-order chi connectivity index (χ0) is 19.7. The van der Waals surface area contributed by atoms with E-state index in [9.17, 15) is 13.6 Å². The predicted molar refractivity (Wildman–Crippen MR) is 105 cm³/mol. The summed E-state index contributed by atoms with van der Waals surface area (Å²) in [6.07, 6.45) is 0. The van der Waals surface area contributed by atoms with Gasteiger partial charge in [-0.15, -0.1) is 11.3 Å². The Morgan fingerprint density at radius 3 is 2.75 bits per heavy atom. The number of carbonyl (C=O) groups excluding carboxylic acids is 1. The van der Waals surface area contributed by atoms with E-state index in [0.717, 1.165) is 27.9 Å². The van der Waals surface area contributed by atoms with Gasteiger partial charge in [-0.1, -0.05) is 30.3 Å². The summed E-state index contributed by atoms with van der Waals surface area (Å²) in [6, 6.07) is 13.7. The van der Waals surface area contributed by atoms with Crippen LogP contribution in [0.2, 0.25) is 0 Å². The molecule has 0 unspecified atom stereocenters. The fraction of sp³-hybridized carbons (Fsp3) is 0.100. The van der Waals surface area contributed by atoms with Crippen LogP contribution in [0.3, 0.4) is 0 Å². The Morgan fingerprint density at radius 2 is 1.93 bits per heavy atom. The second-order valence-electron chi connectivity index (χ2n) is 6.04. The number of aromatic nitrogens is 2. The minimum atomic E-state index is -3.01. The number of nitrogens with one attached hydrogen (secondary N) is 2. The van der Waals surface area contributed by atoms with Crippen LogP contribution in [0, 0.1) is 6.92 Å². The van der Waals surface area contributed by atoms with E-state index in [-0.39, 0.29) is 11.3 Å². The van der Waals surface area contributed by atoms with Gasteiger partial charge >= 0.3 is 6.61 Å². The van der Waals surface area contributed by atoms with E-state index < -0.39 is 12.5 Å². The number of H-pyrrole nitrogens is 1. The molecular weight excluding hydrogens is 384 g/mol. The van der Waals surface area contributed by atoms with Crippen LogP contribution in [0.15, 0.2) is 53.9 Å². The topological polar surface area (TPSA) is 67.0 Å². The zero-order valence-corrected chi connectivity index (χ0v) is 15.5. The fourth-order valence-corrected chi connectivity index (χ4v) is 3.77. The quantitative estimate of drug-likeness (QED) is 0.469. The van der Waals surface area contributed by atoms with E-state index in [1.807, 2.05) is 36.6 Å². The van der Waals surface area contributed by atoms with Crippen molar-refractivity contribution in [3.8, 4) is 17.0 Å². The van der Waals surface area contributed by atoms with Crippen molar-refractivity contribution in [2.24, 2.45) is 0 Å². The average molecular weight is 399 g/mol. The summed E-state index contributed by atoms with van der Waals surface area (Å²) in [4.78, 5) is 20.3. The molecule has 142 valence electrons. The van der Waals surface area contributed by atoms with Crippen LogP contribution in [0.25, 0.3) is 22.2 Å². The summed E-state index contributed by atoms with van der Waals surface area (Å²) in [5, 5.41) is 5.91. The number of carbonyl (C=O) groups is 1. The van der Waals surface area contributed by atoms with Gasteiger partial charge in [-0.2, -0.15) is 8.78 Å². The van der Waals surface area contributed by atoms with Gasteiger partial charge in [-0.3, -0.25) is 10.1 Å². The molecule has 5 nitrogen and oxygen atoms in total. The Bertz CT molecular complexity index is 1150. The number of hydrogen-bond acceptors (Lipinski definition) is 4. The monoisotopic (exact) mass is 399 g/mol. The molecule has 0 aliphatic carbocycles. The van der Waals surface area contributed by atoms with E-state index in [1.54, 1.807) is 6.07 Å². The number of halogens is 2. The Labute approximate surface area is 163 Å². The summed E-state index contributed by atoms with van der Waals surface area (Å²) >= 11 is 1.26. The fourth-order valence-electron chi connectivity index (χ4n) is 3.07. The number of hydrogen-bond donors (Lipinski definition) is 2. The number of alkyl halides is 2. The number of rotatable bonds is 5. The maximum atomic E-state index is 12.5.